The Morgan fingerprint density at radius 2 is 2.29 bits per heavy atom. The average molecular weight is 282 g/mol. The number of piperazine rings is 1. The van der Waals surface area contributed by atoms with Crippen molar-refractivity contribution in [1.29, 1.82) is 5.26 Å². The Morgan fingerprint density at radius 1 is 1.52 bits per heavy atom. The SMILES string of the molecule is C=CC=C(N=C)C1C=C(CN2CCNCC2)C=CC1C#N. The van der Waals surface area contributed by atoms with Gasteiger partial charge in [-0.3, -0.25) is 9.89 Å². The number of hydrogen-bond donors (Lipinski definition) is 1. The zero-order chi connectivity index (χ0) is 15.1. The lowest BCUT2D eigenvalue weighted by Crippen LogP contribution is -2.44. The zero-order valence-corrected chi connectivity index (χ0v) is 12.3. The smallest absolute Gasteiger partial charge is 0.0765 e. The van der Waals surface area contributed by atoms with Crippen molar-refractivity contribution in [2.45, 2.75) is 0 Å². The summed E-state index contributed by atoms with van der Waals surface area (Å²) in [7, 11) is 0. The summed E-state index contributed by atoms with van der Waals surface area (Å²) in [6.07, 6.45) is 9.73. The molecule has 1 fully saturated rings. The lowest BCUT2D eigenvalue weighted by molar-refractivity contribution is 0.260. The lowest BCUT2D eigenvalue weighted by Gasteiger charge is -2.29. The maximum absolute atomic E-state index is 9.32. The van der Waals surface area contributed by atoms with Gasteiger partial charge in [0.25, 0.3) is 0 Å². The van der Waals surface area contributed by atoms with Gasteiger partial charge in [-0.05, 0) is 18.4 Å². The van der Waals surface area contributed by atoms with Crippen LogP contribution >= 0.6 is 0 Å². The summed E-state index contributed by atoms with van der Waals surface area (Å²) in [6.45, 7) is 12.4. The minimum Gasteiger partial charge on any atom is -0.314 e. The number of nitrogens with zero attached hydrogens (tertiary/aromatic N) is 3. The molecule has 0 aromatic heterocycles. The summed E-state index contributed by atoms with van der Waals surface area (Å²) >= 11 is 0. The van der Waals surface area contributed by atoms with Crippen LogP contribution < -0.4 is 5.32 Å². The molecule has 1 aliphatic heterocycles. The molecule has 0 saturated carbocycles. The molecular weight excluding hydrogens is 260 g/mol. The van der Waals surface area contributed by atoms with E-state index in [-0.39, 0.29) is 11.8 Å². The van der Waals surface area contributed by atoms with Crippen LogP contribution in [0.2, 0.25) is 0 Å². The van der Waals surface area contributed by atoms with Crippen molar-refractivity contribution in [3.63, 3.8) is 0 Å². The van der Waals surface area contributed by atoms with Gasteiger partial charge in [0, 0.05) is 44.3 Å². The third-order valence-electron chi connectivity index (χ3n) is 3.88. The van der Waals surface area contributed by atoms with Crippen molar-refractivity contribution < 1.29 is 0 Å². The van der Waals surface area contributed by atoms with E-state index in [1.54, 1.807) is 6.08 Å². The highest BCUT2D eigenvalue weighted by Crippen LogP contribution is 2.30. The third-order valence-corrected chi connectivity index (χ3v) is 3.88. The summed E-state index contributed by atoms with van der Waals surface area (Å²) in [5.74, 6) is -0.220. The Hall–Kier alpha value is -1.96. The number of aliphatic imine (C=N–C) groups is 1. The van der Waals surface area contributed by atoms with E-state index in [1.165, 1.54) is 5.57 Å². The lowest BCUT2D eigenvalue weighted by atomic mass is 9.84. The molecule has 0 aromatic rings. The summed E-state index contributed by atoms with van der Waals surface area (Å²) in [5, 5.41) is 12.7. The highest BCUT2D eigenvalue weighted by Gasteiger charge is 2.24. The number of allylic oxidation sites excluding steroid dienone is 4. The Balaban J connectivity index is 2.15. The molecule has 0 radical (unpaired) electrons. The molecule has 1 N–H and O–H groups in total. The van der Waals surface area contributed by atoms with Crippen LogP contribution in [0.25, 0.3) is 0 Å². The summed E-state index contributed by atoms with van der Waals surface area (Å²) in [5.41, 5.74) is 2.05. The summed E-state index contributed by atoms with van der Waals surface area (Å²) in [6, 6.07) is 2.33. The largest absolute Gasteiger partial charge is 0.314 e. The van der Waals surface area contributed by atoms with Gasteiger partial charge in [-0.1, -0.05) is 30.9 Å². The first kappa shape index (κ1) is 15.4. The molecule has 110 valence electrons. The van der Waals surface area contributed by atoms with E-state index in [4.69, 9.17) is 0 Å². The van der Waals surface area contributed by atoms with Gasteiger partial charge < -0.3 is 5.32 Å². The van der Waals surface area contributed by atoms with Crippen molar-refractivity contribution in [2.24, 2.45) is 16.8 Å². The molecule has 2 unspecified atom stereocenters. The quantitative estimate of drug-likeness (QED) is 0.619. The zero-order valence-electron chi connectivity index (χ0n) is 12.3. The van der Waals surface area contributed by atoms with Crippen LogP contribution in [-0.2, 0) is 0 Å². The van der Waals surface area contributed by atoms with Crippen LogP contribution in [0, 0.1) is 23.2 Å². The Kier molecular flexibility index (Phi) is 5.68. The molecule has 1 saturated heterocycles. The van der Waals surface area contributed by atoms with E-state index < -0.39 is 0 Å². The van der Waals surface area contributed by atoms with Gasteiger partial charge in [-0.15, -0.1) is 0 Å². The van der Waals surface area contributed by atoms with E-state index in [1.807, 2.05) is 12.2 Å². The van der Waals surface area contributed by atoms with Crippen LogP contribution in [0.1, 0.15) is 0 Å². The van der Waals surface area contributed by atoms with E-state index in [2.05, 4.69) is 46.7 Å². The predicted octanol–water partition coefficient (Wildman–Crippen LogP) is 1.91. The van der Waals surface area contributed by atoms with Crippen LogP contribution in [0.5, 0.6) is 0 Å². The molecule has 4 heteroatoms. The average Bonchev–Trinajstić information content (AvgIpc) is 2.53. The van der Waals surface area contributed by atoms with Gasteiger partial charge >= 0.3 is 0 Å². The standard InChI is InChI=1S/C17H22N4/c1-3-4-17(19-2)16-11-14(5-6-15(16)12-18)13-21-9-7-20-8-10-21/h3-6,11,15-16,20H,1-2,7-10,13H2. The fraction of sp³-hybridized carbons (Fsp3) is 0.412. The van der Waals surface area contributed by atoms with Gasteiger partial charge in [-0.2, -0.15) is 5.26 Å². The van der Waals surface area contributed by atoms with E-state index in [0.29, 0.717) is 0 Å². The molecule has 0 bridgehead atoms. The van der Waals surface area contributed by atoms with Crippen molar-refractivity contribution in [3.8, 4) is 6.07 Å². The molecule has 0 amide bonds. The van der Waals surface area contributed by atoms with Crippen molar-refractivity contribution in [3.05, 3.63) is 48.2 Å². The number of hydrogen-bond acceptors (Lipinski definition) is 4. The van der Waals surface area contributed by atoms with Crippen molar-refractivity contribution >= 4 is 6.72 Å². The first-order valence-corrected chi connectivity index (χ1v) is 7.29. The third kappa shape index (κ3) is 4.01. The van der Waals surface area contributed by atoms with Gasteiger partial charge in [0.1, 0.15) is 0 Å². The molecule has 1 heterocycles. The second-order valence-electron chi connectivity index (χ2n) is 5.29. The van der Waals surface area contributed by atoms with E-state index in [9.17, 15) is 5.26 Å². The molecule has 0 aromatic carbocycles. The van der Waals surface area contributed by atoms with Crippen LogP contribution in [-0.4, -0.2) is 44.3 Å². The Morgan fingerprint density at radius 3 is 2.90 bits per heavy atom. The van der Waals surface area contributed by atoms with Gasteiger partial charge in [-0.25, -0.2) is 0 Å². The first-order chi connectivity index (χ1) is 10.3. The van der Waals surface area contributed by atoms with E-state index >= 15 is 0 Å². The van der Waals surface area contributed by atoms with Crippen LogP contribution in [0.3, 0.4) is 0 Å². The Bertz CT molecular complexity index is 515. The monoisotopic (exact) mass is 282 g/mol. The minimum atomic E-state index is -0.187. The summed E-state index contributed by atoms with van der Waals surface area (Å²) < 4.78 is 0. The molecule has 2 aliphatic rings. The van der Waals surface area contributed by atoms with Crippen LogP contribution in [0.15, 0.2) is 53.2 Å². The minimum absolute atomic E-state index is 0.0339. The molecule has 0 spiro atoms. The molecule has 1 aliphatic carbocycles. The normalized spacial score (nSPS) is 26.8. The molecule has 2 atom stereocenters. The number of rotatable bonds is 5. The molecule has 21 heavy (non-hydrogen) atoms. The molecular formula is C17H22N4. The first-order valence-electron chi connectivity index (χ1n) is 7.29. The highest BCUT2D eigenvalue weighted by atomic mass is 15.2. The topological polar surface area (TPSA) is 51.4 Å². The maximum atomic E-state index is 9.32. The van der Waals surface area contributed by atoms with E-state index in [0.717, 1.165) is 38.4 Å². The summed E-state index contributed by atoms with van der Waals surface area (Å²) in [4.78, 5) is 6.49. The van der Waals surface area contributed by atoms with Gasteiger partial charge in [0.15, 0.2) is 0 Å². The predicted molar refractivity (Wildman–Crippen MR) is 87.0 cm³/mol. The van der Waals surface area contributed by atoms with Crippen LogP contribution in [0.4, 0.5) is 0 Å². The second kappa shape index (κ2) is 7.72. The number of nitriles is 1. The fourth-order valence-corrected chi connectivity index (χ4v) is 2.75. The highest BCUT2D eigenvalue weighted by molar-refractivity contribution is 5.39. The second-order valence-corrected chi connectivity index (χ2v) is 5.29. The molecule has 4 nitrogen and oxygen atoms in total. The van der Waals surface area contributed by atoms with Crippen molar-refractivity contribution in [1.82, 2.24) is 10.2 Å². The van der Waals surface area contributed by atoms with Gasteiger partial charge in [0.05, 0.1) is 12.0 Å². The molecule has 2 rings (SSSR count). The van der Waals surface area contributed by atoms with Gasteiger partial charge in [0.2, 0.25) is 0 Å². The fourth-order valence-electron chi connectivity index (χ4n) is 2.75. The van der Waals surface area contributed by atoms with Crippen molar-refractivity contribution in [2.75, 3.05) is 32.7 Å². The number of nitrogens with one attached hydrogen (secondary N) is 1. The maximum Gasteiger partial charge on any atom is 0.0765 e. The Labute approximate surface area is 126 Å².